The second-order valence-corrected chi connectivity index (χ2v) is 7.10. The van der Waals surface area contributed by atoms with Gasteiger partial charge >= 0.3 is 12.1 Å². The second-order valence-electron chi connectivity index (χ2n) is 7.10. The number of cyclic esters (lactones) is 1. The van der Waals surface area contributed by atoms with E-state index in [1.807, 2.05) is 30.3 Å². The molecule has 4 heterocycles. The molecule has 0 N–H and O–H groups in total. The van der Waals surface area contributed by atoms with Crippen LogP contribution < -0.4 is 4.90 Å². The number of rotatable bonds is 4. The molecule has 10 nitrogen and oxygen atoms in total. The maximum Gasteiger partial charge on any atom is 0.415 e. The molecule has 30 heavy (non-hydrogen) atoms. The van der Waals surface area contributed by atoms with Crippen molar-refractivity contribution >= 4 is 17.7 Å². The number of fused-ring (bicyclic) bond motifs is 3. The Morgan fingerprint density at radius 2 is 2.13 bits per heavy atom. The van der Waals surface area contributed by atoms with Crippen molar-refractivity contribution in [2.45, 2.75) is 18.6 Å². The number of carbonyl (C=O) groups is 2. The predicted octanol–water partition coefficient (Wildman–Crippen LogP) is 1.44. The number of carbonyl (C=O) groups excluding carboxylic acids is 2. The molecule has 0 aliphatic carbocycles. The van der Waals surface area contributed by atoms with Gasteiger partial charge in [0.2, 0.25) is 0 Å². The lowest BCUT2D eigenvalue weighted by atomic mass is 10.0. The summed E-state index contributed by atoms with van der Waals surface area (Å²) in [5.74, 6) is -0.311. The summed E-state index contributed by atoms with van der Waals surface area (Å²) in [5.41, 5.74) is 4.39. The van der Waals surface area contributed by atoms with Gasteiger partial charge in [0, 0.05) is 18.8 Å². The Morgan fingerprint density at radius 3 is 2.83 bits per heavy atom. The van der Waals surface area contributed by atoms with E-state index in [0.717, 1.165) is 22.4 Å². The molecule has 0 saturated carbocycles. The van der Waals surface area contributed by atoms with Gasteiger partial charge in [-0.25, -0.2) is 9.48 Å². The summed E-state index contributed by atoms with van der Waals surface area (Å²) in [7, 11) is 1.75. The largest absolute Gasteiger partial charge is 0.461 e. The van der Waals surface area contributed by atoms with E-state index >= 15 is 0 Å². The fourth-order valence-corrected chi connectivity index (χ4v) is 3.91. The van der Waals surface area contributed by atoms with Crippen molar-refractivity contribution in [1.29, 1.82) is 0 Å². The molecule has 10 heteroatoms. The summed E-state index contributed by atoms with van der Waals surface area (Å²) in [4.78, 5) is 29.3. The summed E-state index contributed by atoms with van der Waals surface area (Å²) in [5, 5.41) is 11.4. The van der Waals surface area contributed by atoms with Crippen LogP contribution in [0.4, 0.5) is 10.5 Å². The Balaban J connectivity index is 1.39. The van der Waals surface area contributed by atoms with E-state index in [9.17, 15) is 9.59 Å². The molecule has 0 bridgehead atoms. The summed E-state index contributed by atoms with van der Waals surface area (Å²) in [6.45, 7) is 4.96. The number of nitrogens with zero attached hydrogens (tertiary/aromatic N) is 6. The molecule has 2 aromatic heterocycles. The van der Waals surface area contributed by atoms with Crippen molar-refractivity contribution in [1.82, 2.24) is 25.2 Å². The van der Waals surface area contributed by atoms with E-state index in [4.69, 9.17) is 16.4 Å². The quantitative estimate of drug-likeness (QED) is 0.601. The highest BCUT2D eigenvalue weighted by atomic mass is 16.6. The van der Waals surface area contributed by atoms with Crippen molar-refractivity contribution in [3.05, 3.63) is 49.0 Å². The zero-order valence-corrected chi connectivity index (χ0v) is 15.9. The lowest BCUT2D eigenvalue weighted by molar-refractivity contribution is -0.140. The normalized spacial score (nSPS) is 19.4. The number of hydrogen-bond acceptors (Lipinski definition) is 8. The first-order chi connectivity index (χ1) is 14.5. The number of pyridine rings is 1. The molecule has 1 saturated heterocycles. The summed E-state index contributed by atoms with van der Waals surface area (Å²) >= 11 is 0. The van der Waals surface area contributed by atoms with Crippen LogP contribution in [0.1, 0.15) is 5.56 Å². The third-order valence-electron chi connectivity index (χ3n) is 5.31. The van der Waals surface area contributed by atoms with Crippen molar-refractivity contribution < 1.29 is 19.1 Å². The van der Waals surface area contributed by atoms with Crippen molar-refractivity contribution in [3.63, 3.8) is 0 Å². The van der Waals surface area contributed by atoms with Crippen LogP contribution in [0.25, 0.3) is 22.6 Å². The summed E-state index contributed by atoms with van der Waals surface area (Å²) in [6.07, 6.45) is 1.35. The van der Waals surface area contributed by atoms with Gasteiger partial charge in [0.15, 0.2) is 11.9 Å². The minimum absolute atomic E-state index is 0.0641. The predicted molar refractivity (Wildman–Crippen MR) is 103 cm³/mol. The van der Waals surface area contributed by atoms with Crippen LogP contribution in [0.15, 0.2) is 36.5 Å². The monoisotopic (exact) mass is 404 g/mol. The number of tetrazole rings is 1. The Bertz CT molecular complexity index is 1140. The SMILES string of the molecule is [CH]C(=O)OC[C@@H]1OC(=O)N2c3ccc(-c4ccc(-c5nnnn5C)nc4)cc3C[C@@H]12. The minimum atomic E-state index is -0.893. The van der Waals surface area contributed by atoms with E-state index in [2.05, 4.69) is 20.5 Å². The van der Waals surface area contributed by atoms with E-state index in [1.54, 1.807) is 22.8 Å². The molecule has 150 valence electrons. The second kappa shape index (κ2) is 6.90. The molecule has 2 aliphatic rings. The fraction of sp³-hybridized carbons (Fsp3) is 0.250. The summed E-state index contributed by atoms with van der Waals surface area (Å²) in [6, 6.07) is 9.44. The zero-order chi connectivity index (χ0) is 20.8. The van der Waals surface area contributed by atoms with Crippen LogP contribution in [0.5, 0.6) is 0 Å². The average Bonchev–Trinajstić information content (AvgIpc) is 3.41. The number of benzene rings is 1. The van der Waals surface area contributed by atoms with Crippen LogP contribution in [0, 0.1) is 6.92 Å². The fourth-order valence-electron chi connectivity index (χ4n) is 3.91. The first-order valence-electron chi connectivity index (χ1n) is 9.25. The van der Waals surface area contributed by atoms with Crippen LogP contribution >= 0.6 is 0 Å². The Labute approximate surface area is 171 Å². The van der Waals surface area contributed by atoms with Gasteiger partial charge in [-0.15, -0.1) is 5.10 Å². The molecule has 0 spiro atoms. The van der Waals surface area contributed by atoms with Crippen LogP contribution in [-0.2, 0) is 27.7 Å². The van der Waals surface area contributed by atoms with Gasteiger partial charge in [-0.1, -0.05) is 12.1 Å². The van der Waals surface area contributed by atoms with Gasteiger partial charge in [0.1, 0.15) is 12.3 Å². The number of amides is 1. The third-order valence-corrected chi connectivity index (χ3v) is 5.31. The average molecular weight is 404 g/mol. The maximum absolute atomic E-state index is 12.3. The number of aromatic nitrogens is 5. The molecule has 1 amide bonds. The zero-order valence-electron chi connectivity index (χ0n) is 15.9. The van der Waals surface area contributed by atoms with E-state index in [0.29, 0.717) is 17.9 Å². The number of ether oxygens (including phenoxy) is 2. The van der Waals surface area contributed by atoms with Crippen LogP contribution in [0.2, 0.25) is 0 Å². The van der Waals surface area contributed by atoms with Gasteiger partial charge in [-0.3, -0.25) is 14.7 Å². The van der Waals surface area contributed by atoms with Gasteiger partial charge in [0.05, 0.1) is 18.7 Å². The van der Waals surface area contributed by atoms with Gasteiger partial charge in [-0.05, 0) is 46.2 Å². The van der Waals surface area contributed by atoms with Gasteiger partial charge < -0.3 is 9.47 Å². The molecule has 2 radical (unpaired) electrons. The molecule has 2 atom stereocenters. The molecule has 2 aliphatic heterocycles. The molecule has 1 aromatic carbocycles. The highest BCUT2D eigenvalue weighted by molar-refractivity contribution is 5.94. The highest BCUT2D eigenvalue weighted by Gasteiger charge is 2.47. The van der Waals surface area contributed by atoms with Crippen molar-refractivity contribution in [2.24, 2.45) is 7.05 Å². The molecular weight excluding hydrogens is 388 g/mol. The van der Waals surface area contributed by atoms with Crippen LogP contribution in [0.3, 0.4) is 0 Å². The standard InChI is InChI=1S/C20H16N6O4/c1-11(27)29-10-18-17-8-14-7-12(4-6-16(14)26(17)20(28)30-18)13-3-5-15(21-9-13)19-22-23-24-25(19)2/h1,3-7,9,17-18H,8,10H2,2H3/t17-,18-/m0/s1. The van der Waals surface area contributed by atoms with Gasteiger partial charge in [0.25, 0.3) is 0 Å². The Hall–Kier alpha value is -3.82. The molecule has 5 rings (SSSR count). The number of anilines is 1. The smallest absolute Gasteiger partial charge is 0.415 e. The summed E-state index contributed by atoms with van der Waals surface area (Å²) < 4.78 is 11.7. The first-order valence-corrected chi connectivity index (χ1v) is 9.25. The Morgan fingerprint density at radius 1 is 1.30 bits per heavy atom. The molecule has 3 aromatic rings. The van der Waals surface area contributed by atoms with Crippen molar-refractivity contribution in [3.8, 4) is 22.6 Å². The van der Waals surface area contributed by atoms with Crippen LogP contribution in [-0.4, -0.2) is 56.0 Å². The molecule has 1 fully saturated rings. The molecular formula is C20H16N6O4. The van der Waals surface area contributed by atoms with E-state index in [-0.39, 0.29) is 12.6 Å². The Kier molecular flexibility index (Phi) is 4.19. The molecule has 0 unspecified atom stereocenters. The number of hydrogen-bond donors (Lipinski definition) is 0. The van der Waals surface area contributed by atoms with E-state index in [1.165, 1.54) is 0 Å². The lowest BCUT2D eigenvalue weighted by Gasteiger charge is -2.16. The number of esters is 1. The first kappa shape index (κ1) is 18.2. The highest BCUT2D eigenvalue weighted by Crippen LogP contribution is 2.40. The third kappa shape index (κ3) is 2.97. The minimum Gasteiger partial charge on any atom is -0.461 e. The maximum atomic E-state index is 12.3. The van der Waals surface area contributed by atoms with E-state index < -0.39 is 18.2 Å². The van der Waals surface area contributed by atoms with Gasteiger partial charge in [-0.2, -0.15) is 0 Å². The lowest BCUT2D eigenvalue weighted by Crippen LogP contribution is -2.35. The topological polar surface area (TPSA) is 112 Å². The van der Waals surface area contributed by atoms with Crippen molar-refractivity contribution in [2.75, 3.05) is 11.5 Å². The number of aryl methyl sites for hydroxylation is 1.